The zero-order chi connectivity index (χ0) is 14.5. The van der Waals surface area contributed by atoms with Gasteiger partial charge in [-0.15, -0.1) is 0 Å². The molecule has 0 saturated carbocycles. The van der Waals surface area contributed by atoms with Gasteiger partial charge in [0.15, 0.2) is 0 Å². The van der Waals surface area contributed by atoms with Crippen molar-refractivity contribution in [2.24, 2.45) is 0 Å². The van der Waals surface area contributed by atoms with Gasteiger partial charge < -0.3 is 4.74 Å². The maximum Gasteiger partial charge on any atom is 0.345 e. The summed E-state index contributed by atoms with van der Waals surface area (Å²) in [6, 6.07) is 11.6. The molecule has 0 aliphatic heterocycles. The van der Waals surface area contributed by atoms with Gasteiger partial charge in [-0.05, 0) is 17.7 Å². The number of carbonyl (C=O) groups is 1. The summed E-state index contributed by atoms with van der Waals surface area (Å²) in [6.07, 6.45) is 0. The van der Waals surface area contributed by atoms with Crippen molar-refractivity contribution in [3.63, 3.8) is 0 Å². The third-order valence-electron chi connectivity index (χ3n) is 2.59. The van der Waals surface area contributed by atoms with Gasteiger partial charge in [-0.1, -0.05) is 30.3 Å². The van der Waals surface area contributed by atoms with Crippen molar-refractivity contribution in [1.82, 2.24) is 0 Å². The van der Waals surface area contributed by atoms with Crippen molar-refractivity contribution in [2.75, 3.05) is 0 Å². The molecule has 0 aromatic heterocycles. The minimum atomic E-state index is -0.861. The number of benzene rings is 2. The molecule has 2 rings (SSSR count). The Kier molecular flexibility index (Phi) is 4.05. The highest BCUT2D eigenvalue weighted by atomic mass is 19.1. The zero-order valence-electron chi connectivity index (χ0n) is 10.3. The van der Waals surface area contributed by atoms with E-state index >= 15 is 0 Å². The first-order valence-electron chi connectivity index (χ1n) is 5.73. The molecular formula is C14H10FNO4. The summed E-state index contributed by atoms with van der Waals surface area (Å²) in [5.41, 5.74) is -0.124. The summed E-state index contributed by atoms with van der Waals surface area (Å²) in [4.78, 5) is 21.8. The number of esters is 1. The third kappa shape index (κ3) is 3.17. The first-order valence-corrected chi connectivity index (χ1v) is 5.73. The number of ether oxygens (including phenoxy) is 1. The Morgan fingerprint density at radius 3 is 2.55 bits per heavy atom. The van der Waals surface area contributed by atoms with Crippen molar-refractivity contribution >= 4 is 11.7 Å². The maximum absolute atomic E-state index is 13.0. The number of rotatable bonds is 4. The van der Waals surface area contributed by atoms with Crippen molar-refractivity contribution < 1.29 is 18.8 Å². The second-order valence-electron chi connectivity index (χ2n) is 3.98. The van der Waals surface area contributed by atoms with Crippen LogP contribution in [0.1, 0.15) is 15.9 Å². The predicted octanol–water partition coefficient (Wildman–Crippen LogP) is 3.09. The standard InChI is InChI=1S/C14H10FNO4/c15-11-6-7-12(13(8-11)16(18)19)14(17)20-9-10-4-2-1-3-5-10/h1-8H,9H2. The molecule has 0 heterocycles. The molecule has 20 heavy (non-hydrogen) atoms. The lowest BCUT2D eigenvalue weighted by atomic mass is 10.2. The van der Waals surface area contributed by atoms with Crippen molar-refractivity contribution in [3.05, 3.63) is 75.6 Å². The SMILES string of the molecule is O=C(OCc1ccccc1)c1ccc(F)cc1[N+](=O)[O-]. The van der Waals surface area contributed by atoms with E-state index in [2.05, 4.69) is 0 Å². The Morgan fingerprint density at radius 2 is 1.90 bits per heavy atom. The molecule has 2 aromatic rings. The summed E-state index contributed by atoms with van der Waals surface area (Å²) < 4.78 is 17.9. The van der Waals surface area contributed by atoms with Crippen LogP contribution in [0.4, 0.5) is 10.1 Å². The molecule has 0 bridgehead atoms. The Morgan fingerprint density at radius 1 is 1.20 bits per heavy atom. The average molecular weight is 275 g/mol. The fraction of sp³-hybridized carbons (Fsp3) is 0.0714. The van der Waals surface area contributed by atoms with Gasteiger partial charge in [0.25, 0.3) is 5.69 Å². The van der Waals surface area contributed by atoms with E-state index in [0.717, 1.165) is 17.7 Å². The van der Waals surface area contributed by atoms with E-state index in [0.29, 0.717) is 6.07 Å². The Bertz CT molecular complexity index is 643. The van der Waals surface area contributed by atoms with Gasteiger partial charge in [-0.25, -0.2) is 9.18 Å². The van der Waals surface area contributed by atoms with Crippen LogP contribution in [0.15, 0.2) is 48.5 Å². The van der Waals surface area contributed by atoms with Crippen LogP contribution in [0.25, 0.3) is 0 Å². The quantitative estimate of drug-likeness (QED) is 0.488. The molecule has 6 heteroatoms. The molecule has 0 atom stereocenters. The predicted molar refractivity (Wildman–Crippen MR) is 68.6 cm³/mol. The molecular weight excluding hydrogens is 265 g/mol. The minimum Gasteiger partial charge on any atom is -0.457 e. The third-order valence-corrected chi connectivity index (χ3v) is 2.59. The zero-order valence-corrected chi connectivity index (χ0v) is 10.3. The molecule has 0 N–H and O–H groups in total. The van der Waals surface area contributed by atoms with Gasteiger partial charge in [0.1, 0.15) is 18.0 Å². The first-order chi connectivity index (χ1) is 9.58. The van der Waals surface area contributed by atoms with Crippen LogP contribution in [0, 0.1) is 15.9 Å². The molecule has 0 aliphatic rings. The largest absolute Gasteiger partial charge is 0.457 e. The molecule has 0 spiro atoms. The number of carbonyl (C=O) groups excluding carboxylic acids is 1. The highest BCUT2D eigenvalue weighted by Gasteiger charge is 2.22. The van der Waals surface area contributed by atoms with E-state index in [1.807, 2.05) is 6.07 Å². The molecule has 2 aromatic carbocycles. The summed E-state index contributed by atoms with van der Waals surface area (Å²) >= 11 is 0. The Hall–Kier alpha value is -2.76. The van der Waals surface area contributed by atoms with Crippen LogP contribution in [-0.2, 0) is 11.3 Å². The van der Waals surface area contributed by atoms with Gasteiger partial charge in [0.2, 0.25) is 0 Å². The van der Waals surface area contributed by atoms with Crippen LogP contribution in [0.5, 0.6) is 0 Å². The van der Waals surface area contributed by atoms with Gasteiger partial charge in [-0.2, -0.15) is 0 Å². The van der Waals surface area contributed by atoms with Crippen molar-refractivity contribution in [3.8, 4) is 0 Å². The van der Waals surface area contributed by atoms with E-state index in [4.69, 9.17) is 4.74 Å². The van der Waals surface area contributed by atoms with Gasteiger partial charge >= 0.3 is 5.97 Å². The van der Waals surface area contributed by atoms with Gasteiger partial charge in [0.05, 0.1) is 11.0 Å². The van der Waals surface area contributed by atoms with Crippen LogP contribution in [0.2, 0.25) is 0 Å². The topological polar surface area (TPSA) is 69.4 Å². The first kappa shape index (κ1) is 13.7. The molecule has 0 saturated heterocycles. The average Bonchev–Trinajstić information content (AvgIpc) is 2.45. The van der Waals surface area contributed by atoms with Crippen molar-refractivity contribution in [2.45, 2.75) is 6.61 Å². The van der Waals surface area contributed by atoms with Crippen LogP contribution in [-0.4, -0.2) is 10.9 Å². The fourth-order valence-electron chi connectivity index (χ4n) is 1.63. The summed E-state index contributed by atoms with van der Waals surface area (Å²) in [5, 5.41) is 10.8. The normalized spacial score (nSPS) is 10.1. The monoisotopic (exact) mass is 275 g/mol. The lowest BCUT2D eigenvalue weighted by molar-refractivity contribution is -0.385. The lowest BCUT2D eigenvalue weighted by Crippen LogP contribution is -2.08. The lowest BCUT2D eigenvalue weighted by Gasteiger charge is -2.05. The number of halogens is 1. The molecule has 0 radical (unpaired) electrons. The number of hydrogen-bond donors (Lipinski definition) is 0. The Balaban J connectivity index is 2.15. The van der Waals surface area contributed by atoms with Crippen LogP contribution in [0.3, 0.4) is 0 Å². The molecule has 0 amide bonds. The number of hydrogen-bond acceptors (Lipinski definition) is 4. The highest BCUT2D eigenvalue weighted by molar-refractivity contribution is 5.93. The molecule has 102 valence electrons. The summed E-state index contributed by atoms with van der Waals surface area (Å²) in [6.45, 7) is -0.00575. The second-order valence-corrected chi connectivity index (χ2v) is 3.98. The number of nitro groups is 1. The fourth-order valence-corrected chi connectivity index (χ4v) is 1.63. The summed E-state index contributed by atoms with van der Waals surface area (Å²) in [7, 11) is 0. The van der Waals surface area contributed by atoms with E-state index < -0.39 is 22.4 Å². The van der Waals surface area contributed by atoms with Gasteiger partial charge in [0, 0.05) is 0 Å². The molecule has 0 fully saturated rings. The highest BCUT2D eigenvalue weighted by Crippen LogP contribution is 2.21. The van der Waals surface area contributed by atoms with Crippen molar-refractivity contribution in [1.29, 1.82) is 0 Å². The van der Waals surface area contributed by atoms with E-state index in [-0.39, 0.29) is 12.2 Å². The smallest absolute Gasteiger partial charge is 0.345 e. The number of nitro benzene ring substituents is 1. The molecule has 0 unspecified atom stereocenters. The Labute approximate surface area is 113 Å². The second kappa shape index (κ2) is 5.92. The summed E-state index contributed by atoms with van der Waals surface area (Å²) in [5.74, 6) is -1.64. The molecule has 5 nitrogen and oxygen atoms in total. The molecule has 0 aliphatic carbocycles. The van der Waals surface area contributed by atoms with Crippen LogP contribution < -0.4 is 0 Å². The van der Waals surface area contributed by atoms with Gasteiger partial charge in [-0.3, -0.25) is 10.1 Å². The van der Waals surface area contributed by atoms with E-state index in [1.54, 1.807) is 24.3 Å². The van der Waals surface area contributed by atoms with E-state index in [1.165, 1.54) is 0 Å². The minimum absolute atomic E-state index is 0.00575. The van der Waals surface area contributed by atoms with Crippen LogP contribution >= 0.6 is 0 Å². The number of nitrogens with zero attached hydrogens (tertiary/aromatic N) is 1. The van der Waals surface area contributed by atoms with E-state index in [9.17, 15) is 19.3 Å². The maximum atomic E-state index is 13.0.